The van der Waals surface area contributed by atoms with E-state index in [9.17, 15) is 10.1 Å². The molecule has 0 aliphatic heterocycles. The summed E-state index contributed by atoms with van der Waals surface area (Å²) < 4.78 is 0. The van der Waals surface area contributed by atoms with E-state index < -0.39 is 4.92 Å². The number of thiophene rings is 1. The first-order valence-corrected chi connectivity index (χ1v) is 6.53. The van der Waals surface area contributed by atoms with Crippen LogP contribution in [0.15, 0.2) is 35.4 Å². The van der Waals surface area contributed by atoms with Gasteiger partial charge in [-0.3, -0.25) is 15.5 Å². The van der Waals surface area contributed by atoms with Crippen molar-refractivity contribution in [3.63, 3.8) is 0 Å². The Balaban J connectivity index is 2.12. The summed E-state index contributed by atoms with van der Waals surface area (Å²) in [5, 5.41) is 23.8. The van der Waals surface area contributed by atoms with Gasteiger partial charge in [0.05, 0.1) is 32.3 Å². The zero-order chi connectivity index (χ0) is 14.5. The summed E-state index contributed by atoms with van der Waals surface area (Å²) in [5.74, 6) is 0. The van der Waals surface area contributed by atoms with Gasteiger partial charge in [-0.15, -0.1) is 0 Å². The molecular formula is C12H7ClN4O2S. The molecule has 1 aromatic carbocycles. The third kappa shape index (κ3) is 3.12. The highest BCUT2D eigenvalue weighted by atomic mass is 35.5. The molecule has 0 saturated heterocycles. The first-order valence-electron chi connectivity index (χ1n) is 5.33. The molecule has 0 aliphatic carbocycles. The number of halogens is 1. The maximum atomic E-state index is 10.5. The molecule has 1 heterocycles. The van der Waals surface area contributed by atoms with E-state index in [0.717, 1.165) is 11.3 Å². The van der Waals surface area contributed by atoms with Gasteiger partial charge in [0.2, 0.25) is 0 Å². The van der Waals surface area contributed by atoms with Crippen molar-refractivity contribution >= 4 is 39.8 Å². The van der Waals surface area contributed by atoms with Crippen LogP contribution in [0.4, 0.5) is 10.7 Å². The highest BCUT2D eigenvalue weighted by Gasteiger charge is 2.08. The quantitative estimate of drug-likeness (QED) is 0.530. The Hall–Kier alpha value is -2.43. The van der Waals surface area contributed by atoms with Crippen molar-refractivity contribution in [2.75, 3.05) is 5.43 Å². The van der Waals surface area contributed by atoms with E-state index in [1.807, 2.05) is 6.07 Å². The molecular weight excluding hydrogens is 300 g/mol. The molecule has 100 valence electrons. The summed E-state index contributed by atoms with van der Waals surface area (Å²) in [6, 6.07) is 9.95. The average Bonchev–Trinajstić information content (AvgIpc) is 2.88. The number of rotatable bonds is 4. The lowest BCUT2D eigenvalue weighted by Gasteiger charge is -2.03. The van der Waals surface area contributed by atoms with E-state index in [1.54, 1.807) is 24.3 Å². The van der Waals surface area contributed by atoms with Crippen LogP contribution in [-0.4, -0.2) is 11.1 Å². The topological polar surface area (TPSA) is 91.3 Å². The molecule has 1 aromatic heterocycles. The minimum Gasteiger partial charge on any atom is -0.277 e. The van der Waals surface area contributed by atoms with E-state index in [-0.39, 0.29) is 5.00 Å². The minimum absolute atomic E-state index is 0.0481. The third-order valence-electron chi connectivity index (χ3n) is 2.29. The summed E-state index contributed by atoms with van der Waals surface area (Å²) in [6.45, 7) is 0. The molecule has 0 amide bonds. The number of hydrogen-bond donors (Lipinski definition) is 1. The van der Waals surface area contributed by atoms with Gasteiger partial charge in [-0.05, 0) is 18.2 Å². The molecule has 2 aromatic rings. The Kier molecular flexibility index (Phi) is 4.30. The maximum absolute atomic E-state index is 10.5. The number of nitriles is 1. The number of anilines is 1. The Bertz CT molecular complexity index is 720. The molecule has 1 N–H and O–H groups in total. The number of hydrogen-bond acceptors (Lipinski definition) is 6. The van der Waals surface area contributed by atoms with Gasteiger partial charge in [-0.1, -0.05) is 29.0 Å². The minimum atomic E-state index is -0.458. The predicted octanol–water partition coefficient (Wildman–Crippen LogP) is 3.63. The molecule has 0 spiro atoms. The van der Waals surface area contributed by atoms with Crippen molar-refractivity contribution in [2.45, 2.75) is 0 Å². The molecule has 2 rings (SSSR count). The Morgan fingerprint density at radius 3 is 2.90 bits per heavy atom. The molecule has 0 radical (unpaired) electrons. The maximum Gasteiger partial charge on any atom is 0.324 e. The number of benzene rings is 1. The summed E-state index contributed by atoms with van der Waals surface area (Å²) >= 11 is 6.89. The van der Waals surface area contributed by atoms with E-state index in [0.29, 0.717) is 21.2 Å². The van der Waals surface area contributed by atoms with Crippen LogP contribution >= 0.6 is 22.9 Å². The Labute approximate surface area is 123 Å². The van der Waals surface area contributed by atoms with Gasteiger partial charge in [0.15, 0.2) is 0 Å². The highest BCUT2D eigenvalue weighted by molar-refractivity contribution is 7.16. The van der Waals surface area contributed by atoms with Gasteiger partial charge in [0, 0.05) is 6.07 Å². The molecule has 0 atom stereocenters. The van der Waals surface area contributed by atoms with Crippen molar-refractivity contribution in [3.8, 4) is 6.07 Å². The zero-order valence-electron chi connectivity index (χ0n) is 9.91. The highest BCUT2D eigenvalue weighted by Crippen LogP contribution is 2.24. The van der Waals surface area contributed by atoms with Crippen LogP contribution in [0.1, 0.15) is 10.4 Å². The molecule has 20 heavy (non-hydrogen) atoms. The standard InChI is InChI=1S/C12H7ClN4O2S/c13-10-2-1-3-11(9(10)6-14)16-15-7-8-4-5-12(20-8)17(18)19/h1-5,7,16H. The Morgan fingerprint density at radius 2 is 2.25 bits per heavy atom. The fraction of sp³-hybridized carbons (Fsp3) is 0. The fourth-order valence-electron chi connectivity index (χ4n) is 1.41. The second-order valence-corrected chi connectivity index (χ2v) is 5.08. The monoisotopic (exact) mass is 306 g/mol. The number of nitrogens with one attached hydrogen (secondary N) is 1. The summed E-state index contributed by atoms with van der Waals surface area (Å²) in [4.78, 5) is 10.7. The largest absolute Gasteiger partial charge is 0.324 e. The van der Waals surface area contributed by atoms with Gasteiger partial charge < -0.3 is 0 Å². The van der Waals surface area contributed by atoms with Gasteiger partial charge >= 0.3 is 5.00 Å². The van der Waals surface area contributed by atoms with Crippen LogP contribution < -0.4 is 5.43 Å². The van der Waals surface area contributed by atoms with Crippen LogP contribution in [-0.2, 0) is 0 Å². The summed E-state index contributed by atoms with van der Waals surface area (Å²) in [5.41, 5.74) is 3.46. The van der Waals surface area contributed by atoms with Crippen molar-refractivity contribution in [1.82, 2.24) is 0 Å². The second-order valence-electron chi connectivity index (χ2n) is 3.58. The van der Waals surface area contributed by atoms with Crippen LogP contribution in [0.25, 0.3) is 0 Å². The van der Waals surface area contributed by atoms with E-state index >= 15 is 0 Å². The normalized spacial score (nSPS) is 10.4. The molecule has 0 bridgehead atoms. The SMILES string of the molecule is N#Cc1c(Cl)cccc1NN=Cc1ccc([N+](=O)[O-])s1. The lowest BCUT2D eigenvalue weighted by Crippen LogP contribution is -1.93. The van der Waals surface area contributed by atoms with Crippen molar-refractivity contribution in [3.05, 3.63) is 55.9 Å². The first-order chi connectivity index (χ1) is 9.61. The number of nitro groups is 1. The molecule has 6 nitrogen and oxygen atoms in total. The molecule has 0 aliphatic rings. The lowest BCUT2D eigenvalue weighted by molar-refractivity contribution is -0.380. The van der Waals surface area contributed by atoms with Crippen LogP contribution in [0.3, 0.4) is 0 Å². The first kappa shape index (κ1) is 14.0. The smallest absolute Gasteiger partial charge is 0.277 e. The van der Waals surface area contributed by atoms with E-state index in [1.165, 1.54) is 12.3 Å². The van der Waals surface area contributed by atoms with Crippen molar-refractivity contribution < 1.29 is 4.92 Å². The van der Waals surface area contributed by atoms with Gasteiger partial charge in [0.25, 0.3) is 0 Å². The summed E-state index contributed by atoms with van der Waals surface area (Å²) in [7, 11) is 0. The van der Waals surface area contributed by atoms with Crippen molar-refractivity contribution in [2.24, 2.45) is 5.10 Å². The lowest BCUT2D eigenvalue weighted by atomic mass is 10.2. The zero-order valence-corrected chi connectivity index (χ0v) is 11.5. The fourth-order valence-corrected chi connectivity index (χ4v) is 2.32. The van der Waals surface area contributed by atoms with Gasteiger partial charge in [-0.2, -0.15) is 10.4 Å². The van der Waals surface area contributed by atoms with Gasteiger partial charge in [0.1, 0.15) is 6.07 Å². The molecule has 0 fully saturated rings. The Morgan fingerprint density at radius 1 is 1.45 bits per heavy atom. The summed E-state index contributed by atoms with van der Waals surface area (Å²) in [6.07, 6.45) is 1.44. The van der Waals surface area contributed by atoms with Crippen molar-refractivity contribution in [1.29, 1.82) is 5.26 Å². The van der Waals surface area contributed by atoms with E-state index in [2.05, 4.69) is 10.5 Å². The second kappa shape index (κ2) is 6.14. The number of nitrogens with zero attached hydrogens (tertiary/aromatic N) is 3. The molecule has 8 heteroatoms. The van der Waals surface area contributed by atoms with E-state index in [4.69, 9.17) is 16.9 Å². The van der Waals surface area contributed by atoms with Crippen LogP contribution in [0.2, 0.25) is 5.02 Å². The molecule has 0 saturated carbocycles. The van der Waals surface area contributed by atoms with Gasteiger partial charge in [-0.25, -0.2) is 0 Å². The van der Waals surface area contributed by atoms with Crippen LogP contribution in [0, 0.1) is 21.4 Å². The number of hydrazone groups is 1. The molecule has 0 unspecified atom stereocenters. The average molecular weight is 307 g/mol. The third-order valence-corrected chi connectivity index (χ3v) is 3.58. The predicted molar refractivity (Wildman–Crippen MR) is 78.4 cm³/mol. The van der Waals surface area contributed by atoms with Crippen LogP contribution in [0.5, 0.6) is 0 Å².